The maximum Gasteiger partial charge on any atom is 0.264 e. The van der Waals surface area contributed by atoms with Gasteiger partial charge in [-0.1, -0.05) is 96.7 Å². The Hall–Kier alpha value is -3.92. The van der Waals surface area contributed by atoms with Crippen molar-refractivity contribution in [1.82, 2.24) is 10.2 Å². The number of anilines is 1. The molecule has 1 aliphatic carbocycles. The van der Waals surface area contributed by atoms with Crippen molar-refractivity contribution in [2.24, 2.45) is 0 Å². The average molecular weight is 683 g/mol. The van der Waals surface area contributed by atoms with Crippen molar-refractivity contribution < 1.29 is 22.4 Å². The second kappa shape index (κ2) is 15.1. The lowest BCUT2D eigenvalue weighted by atomic mass is 10.0. The number of sulfonamides is 1. The predicted molar refractivity (Wildman–Crippen MR) is 179 cm³/mol. The molecular weight excluding hydrogens is 648 g/mol. The highest BCUT2D eigenvalue weighted by atomic mass is 35.5. The summed E-state index contributed by atoms with van der Waals surface area (Å²) in [6.45, 7) is -0.732. The molecule has 1 N–H and O–H groups in total. The van der Waals surface area contributed by atoms with Crippen LogP contribution in [0.25, 0.3) is 0 Å². The van der Waals surface area contributed by atoms with E-state index in [4.69, 9.17) is 23.2 Å². The fourth-order valence-electron chi connectivity index (χ4n) is 5.62. The number of carbonyl (C=O) groups is 2. The number of hydrogen-bond acceptors (Lipinski definition) is 4. The van der Waals surface area contributed by atoms with Crippen LogP contribution in [0, 0.1) is 5.82 Å². The van der Waals surface area contributed by atoms with Gasteiger partial charge in [-0.25, -0.2) is 12.8 Å². The zero-order chi connectivity index (χ0) is 32.7. The zero-order valence-corrected chi connectivity index (χ0v) is 27.3. The molecule has 0 spiro atoms. The standard InChI is InChI=1S/C35H34Cl2FN3O4S/c36-27-17-20-32(31(37)22-27)41(46(44,45)30-13-5-2-6-14-30)24-34(42)40(23-26-15-18-28(38)19-16-26)33(21-25-9-3-1-4-10-25)35(43)39-29-11-7-8-12-29/h1-6,9-10,13-20,22,29,33H,7-8,11-12,21,23-24H2,(H,39,43)/t33-/m0/s1. The van der Waals surface area contributed by atoms with Gasteiger partial charge < -0.3 is 10.2 Å². The van der Waals surface area contributed by atoms with Crippen molar-refractivity contribution >= 4 is 50.7 Å². The summed E-state index contributed by atoms with van der Waals surface area (Å²) in [4.78, 5) is 29.9. The van der Waals surface area contributed by atoms with Crippen molar-refractivity contribution in [2.45, 2.75) is 55.6 Å². The summed E-state index contributed by atoms with van der Waals surface area (Å²) < 4.78 is 43.0. The Morgan fingerprint density at radius 3 is 2.11 bits per heavy atom. The summed E-state index contributed by atoms with van der Waals surface area (Å²) in [5.74, 6) is -1.43. The van der Waals surface area contributed by atoms with Crippen molar-refractivity contribution in [3.63, 3.8) is 0 Å². The zero-order valence-electron chi connectivity index (χ0n) is 25.0. The Balaban J connectivity index is 1.57. The van der Waals surface area contributed by atoms with Gasteiger partial charge >= 0.3 is 0 Å². The van der Waals surface area contributed by atoms with Crippen LogP contribution in [0.4, 0.5) is 10.1 Å². The van der Waals surface area contributed by atoms with E-state index in [-0.39, 0.29) is 40.5 Å². The van der Waals surface area contributed by atoms with Crippen LogP contribution >= 0.6 is 23.2 Å². The molecule has 0 unspecified atom stereocenters. The summed E-state index contributed by atoms with van der Waals surface area (Å²) in [7, 11) is -4.31. The SMILES string of the molecule is O=C(NC1CCCC1)[C@H](Cc1ccccc1)N(Cc1ccc(F)cc1)C(=O)CN(c1ccc(Cl)cc1Cl)S(=O)(=O)c1ccccc1. The third kappa shape index (κ3) is 8.26. The van der Waals surface area contributed by atoms with Gasteiger partial charge in [0.05, 0.1) is 15.6 Å². The monoisotopic (exact) mass is 681 g/mol. The van der Waals surface area contributed by atoms with E-state index in [1.54, 1.807) is 30.3 Å². The number of carbonyl (C=O) groups excluding carboxylic acids is 2. The van der Waals surface area contributed by atoms with E-state index in [1.807, 2.05) is 30.3 Å². The second-order valence-electron chi connectivity index (χ2n) is 11.3. The Bertz CT molecular complexity index is 1750. The van der Waals surface area contributed by atoms with Crippen LogP contribution in [0.15, 0.2) is 108 Å². The van der Waals surface area contributed by atoms with Gasteiger partial charge in [-0.3, -0.25) is 13.9 Å². The van der Waals surface area contributed by atoms with E-state index < -0.39 is 34.3 Å². The minimum Gasteiger partial charge on any atom is -0.352 e. The lowest BCUT2D eigenvalue weighted by molar-refractivity contribution is -0.140. The summed E-state index contributed by atoms with van der Waals surface area (Å²) in [6.07, 6.45) is 3.86. The third-order valence-electron chi connectivity index (χ3n) is 8.03. The fraction of sp³-hybridized carbons (Fsp3) is 0.257. The molecule has 1 atom stereocenters. The molecule has 0 saturated heterocycles. The predicted octanol–water partition coefficient (Wildman–Crippen LogP) is 7.03. The first-order valence-electron chi connectivity index (χ1n) is 15.0. The molecule has 5 rings (SSSR count). The smallest absolute Gasteiger partial charge is 0.264 e. The van der Waals surface area contributed by atoms with Gasteiger partial charge in [0.15, 0.2) is 0 Å². The highest BCUT2D eigenvalue weighted by Gasteiger charge is 2.36. The molecule has 240 valence electrons. The molecule has 0 radical (unpaired) electrons. The first-order chi connectivity index (χ1) is 22.1. The number of halogens is 3. The minimum atomic E-state index is -4.31. The highest BCUT2D eigenvalue weighted by molar-refractivity contribution is 7.92. The molecule has 4 aromatic rings. The molecule has 7 nitrogen and oxygen atoms in total. The summed E-state index contributed by atoms with van der Waals surface area (Å²) in [5.41, 5.74) is 1.45. The molecule has 4 aromatic carbocycles. The maximum absolute atomic E-state index is 14.5. The van der Waals surface area contributed by atoms with Crippen molar-refractivity contribution in [1.29, 1.82) is 0 Å². The number of amides is 2. The molecular formula is C35H34Cl2FN3O4S. The normalized spacial score (nSPS) is 14.1. The number of rotatable bonds is 12. The van der Waals surface area contributed by atoms with Crippen molar-refractivity contribution in [3.05, 3.63) is 130 Å². The quantitative estimate of drug-likeness (QED) is 0.174. The number of nitrogens with zero attached hydrogens (tertiary/aromatic N) is 2. The van der Waals surface area contributed by atoms with E-state index in [1.165, 1.54) is 47.4 Å². The van der Waals surface area contributed by atoms with Crippen LogP contribution in [0.2, 0.25) is 10.0 Å². The van der Waals surface area contributed by atoms with Crippen molar-refractivity contribution in [2.75, 3.05) is 10.8 Å². The Morgan fingerprint density at radius 1 is 0.848 bits per heavy atom. The van der Waals surface area contributed by atoms with Crippen LogP contribution in [0.3, 0.4) is 0 Å². The molecule has 0 aliphatic heterocycles. The molecule has 1 saturated carbocycles. The Morgan fingerprint density at radius 2 is 1.48 bits per heavy atom. The van der Waals surface area contributed by atoms with Crippen LogP contribution in [0.5, 0.6) is 0 Å². The molecule has 1 aliphatic rings. The van der Waals surface area contributed by atoms with Gasteiger partial charge in [-0.2, -0.15) is 0 Å². The first-order valence-corrected chi connectivity index (χ1v) is 17.2. The average Bonchev–Trinajstić information content (AvgIpc) is 3.56. The Kier molecular flexibility index (Phi) is 11.0. The maximum atomic E-state index is 14.5. The minimum absolute atomic E-state index is 0.0172. The molecule has 2 amide bonds. The van der Waals surface area contributed by atoms with Crippen LogP contribution in [0.1, 0.15) is 36.8 Å². The van der Waals surface area contributed by atoms with Crippen LogP contribution in [-0.4, -0.2) is 43.8 Å². The lowest BCUT2D eigenvalue weighted by Crippen LogP contribution is -2.54. The molecule has 0 bridgehead atoms. The van der Waals surface area contributed by atoms with Gasteiger partial charge in [-0.15, -0.1) is 0 Å². The fourth-order valence-corrected chi connectivity index (χ4v) is 7.64. The largest absolute Gasteiger partial charge is 0.352 e. The molecule has 0 heterocycles. The van der Waals surface area contributed by atoms with E-state index in [2.05, 4.69) is 5.32 Å². The van der Waals surface area contributed by atoms with Crippen LogP contribution < -0.4 is 9.62 Å². The second-order valence-corrected chi connectivity index (χ2v) is 14.0. The molecule has 46 heavy (non-hydrogen) atoms. The van der Waals surface area contributed by atoms with Gasteiger partial charge in [0.25, 0.3) is 10.0 Å². The lowest BCUT2D eigenvalue weighted by Gasteiger charge is -2.34. The van der Waals surface area contributed by atoms with Crippen molar-refractivity contribution in [3.8, 4) is 0 Å². The number of hydrogen-bond donors (Lipinski definition) is 1. The summed E-state index contributed by atoms with van der Waals surface area (Å²) in [5, 5.41) is 3.45. The van der Waals surface area contributed by atoms with E-state index >= 15 is 0 Å². The van der Waals surface area contributed by atoms with Crippen LogP contribution in [-0.2, 0) is 32.6 Å². The molecule has 0 aromatic heterocycles. The third-order valence-corrected chi connectivity index (χ3v) is 10.3. The van der Waals surface area contributed by atoms with Gasteiger partial charge in [0, 0.05) is 24.0 Å². The number of benzene rings is 4. The van der Waals surface area contributed by atoms with E-state index in [0.29, 0.717) is 10.6 Å². The highest BCUT2D eigenvalue weighted by Crippen LogP contribution is 2.33. The van der Waals surface area contributed by atoms with Gasteiger partial charge in [-0.05, 0) is 66.4 Å². The van der Waals surface area contributed by atoms with Gasteiger partial charge in [0.1, 0.15) is 18.4 Å². The Labute approximate surface area is 279 Å². The topological polar surface area (TPSA) is 86.8 Å². The molecule has 1 fully saturated rings. The number of nitrogens with one attached hydrogen (secondary N) is 1. The van der Waals surface area contributed by atoms with E-state index in [0.717, 1.165) is 35.6 Å². The summed E-state index contributed by atoms with van der Waals surface area (Å²) >= 11 is 12.7. The molecule has 11 heteroatoms. The van der Waals surface area contributed by atoms with Gasteiger partial charge in [0.2, 0.25) is 11.8 Å². The van der Waals surface area contributed by atoms with E-state index in [9.17, 15) is 22.4 Å². The first kappa shape index (κ1) is 33.4. The summed E-state index contributed by atoms with van der Waals surface area (Å²) in [6, 6.07) is 26.0.